The summed E-state index contributed by atoms with van der Waals surface area (Å²) in [5.74, 6) is 1.63. The van der Waals surface area contributed by atoms with Crippen LogP contribution in [0.2, 0.25) is 0 Å². The van der Waals surface area contributed by atoms with Crippen LogP contribution in [0.15, 0.2) is 42.6 Å². The first-order valence-electron chi connectivity index (χ1n) is 9.05. The highest BCUT2D eigenvalue weighted by Crippen LogP contribution is 2.23. The van der Waals surface area contributed by atoms with E-state index < -0.39 is 0 Å². The minimum Gasteiger partial charge on any atom is -0.497 e. The molecule has 8 heteroatoms. The molecule has 0 radical (unpaired) electrons. The number of fused-ring (bicyclic) bond motifs is 1. The van der Waals surface area contributed by atoms with E-state index in [4.69, 9.17) is 9.47 Å². The standard InChI is InChI=1S/C20H21N5O3/c1-27-14-3-2-4-15(9-14)28-18-6-5-13(10-22-18)11-23-20(26)19-16-12-21-8-7-17(16)24-25-19/h2-6,9-10,21H,7-8,11-12H2,1H3,(H,23,26)(H,24,25). The van der Waals surface area contributed by atoms with Gasteiger partial charge in [0.1, 0.15) is 11.5 Å². The average Bonchev–Trinajstić information content (AvgIpc) is 3.17. The first kappa shape index (κ1) is 18.0. The number of benzene rings is 1. The average molecular weight is 379 g/mol. The second-order valence-corrected chi connectivity index (χ2v) is 6.42. The Balaban J connectivity index is 1.35. The van der Waals surface area contributed by atoms with E-state index in [9.17, 15) is 4.79 Å². The van der Waals surface area contributed by atoms with Gasteiger partial charge in [0, 0.05) is 55.6 Å². The minimum absolute atomic E-state index is 0.196. The predicted octanol–water partition coefficient (Wildman–Crippen LogP) is 2.18. The van der Waals surface area contributed by atoms with Gasteiger partial charge in [-0.2, -0.15) is 5.10 Å². The number of aromatic amines is 1. The molecule has 8 nitrogen and oxygen atoms in total. The second-order valence-electron chi connectivity index (χ2n) is 6.42. The summed E-state index contributed by atoms with van der Waals surface area (Å²) in [6.07, 6.45) is 2.53. The number of carbonyl (C=O) groups excluding carboxylic acids is 1. The van der Waals surface area contributed by atoms with Gasteiger partial charge in [0.15, 0.2) is 5.69 Å². The smallest absolute Gasteiger partial charge is 0.272 e. The van der Waals surface area contributed by atoms with E-state index in [2.05, 4.69) is 25.8 Å². The molecule has 3 N–H and O–H groups in total. The molecular weight excluding hydrogens is 358 g/mol. The number of H-pyrrole nitrogens is 1. The zero-order valence-corrected chi connectivity index (χ0v) is 15.5. The van der Waals surface area contributed by atoms with E-state index in [1.807, 2.05) is 24.3 Å². The summed E-state index contributed by atoms with van der Waals surface area (Å²) in [6.45, 7) is 1.92. The van der Waals surface area contributed by atoms with Gasteiger partial charge in [-0.25, -0.2) is 4.98 Å². The third-order valence-corrected chi connectivity index (χ3v) is 4.54. The van der Waals surface area contributed by atoms with Crippen molar-refractivity contribution in [3.63, 3.8) is 0 Å². The van der Waals surface area contributed by atoms with Crippen molar-refractivity contribution < 1.29 is 14.3 Å². The molecule has 2 aromatic heterocycles. The first-order valence-corrected chi connectivity index (χ1v) is 9.05. The molecule has 1 amide bonds. The molecule has 0 fully saturated rings. The van der Waals surface area contributed by atoms with Gasteiger partial charge in [0.05, 0.1) is 7.11 Å². The van der Waals surface area contributed by atoms with E-state index in [1.165, 1.54) is 0 Å². The Hall–Kier alpha value is -3.39. The monoisotopic (exact) mass is 379 g/mol. The van der Waals surface area contributed by atoms with E-state index in [1.54, 1.807) is 25.4 Å². The van der Waals surface area contributed by atoms with Crippen molar-refractivity contribution in [3.8, 4) is 17.4 Å². The third kappa shape index (κ3) is 3.96. The van der Waals surface area contributed by atoms with Gasteiger partial charge >= 0.3 is 0 Å². The largest absolute Gasteiger partial charge is 0.497 e. The molecule has 0 unspecified atom stereocenters. The van der Waals surface area contributed by atoms with Crippen LogP contribution in [0.5, 0.6) is 17.4 Å². The summed E-state index contributed by atoms with van der Waals surface area (Å²) in [4.78, 5) is 16.7. The second kappa shape index (κ2) is 8.10. The van der Waals surface area contributed by atoms with Crippen molar-refractivity contribution in [1.29, 1.82) is 0 Å². The van der Waals surface area contributed by atoms with Crippen molar-refractivity contribution in [3.05, 3.63) is 65.1 Å². The van der Waals surface area contributed by atoms with Gasteiger partial charge in [-0.1, -0.05) is 12.1 Å². The Morgan fingerprint density at radius 1 is 1.25 bits per heavy atom. The molecule has 0 saturated carbocycles. The van der Waals surface area contributed by atoms with Gasteiger partial charge in [-0.15, -0.1) is 0 Å². The topological polar surface area (TPSA) is 101 Å². The van der Waals surface area contributed by atoms with E-state index in [-0.39, 0.29) is 5.91 Å². The molecule has 144 valence electrons. The number of methoxy groups -OCH3 is 1. The van der Waals surface area contributed by atoms with Crippen LogP contribution in [0.4, 0.5) is 0 Å². The highest BCUT2D eigenvalue weighted by Gasteiger charge is 2.21. The number of amides is 1. The Morgan fingerprint density at radius 3 is 2.96 bits per heavy atom. The van der Waals surface area contributed by atoms with Crippen LogP contribution in [0.3, 0.4) is 0 Å². The molecule has 0 atom stereocenters. The molecule has 28 heavy (non-hydrogen) atoms. The molecule has 0 aliphatic carbocycles. The number of rotatable bonds is 6. The van der Waals surface area contributed by atoms with Gasteiger partial charge in [-0.05, 0) is 17.7 Å². The predicted molar refractivity (Wildman–Crippen MR) is 102 cm³/mol. The molecule has 4 rings (SSSR count). The number of nitrogens with zero attached hydrogens (tertiary/aromatic N) is 2. The van der Waals surface area contributed by atoms with Gasteiger partial charge < -0.3 is 20.1 Å². The maximum absolute atomic E-state index is 12.4. The number of carbonyl (C=O) groups is 1. The molecule has 0 bridgehead atoms. The SMILES string of the molecule is COc1cccc(Oc2ccc(CNC(=O)c3n[nH]c4c3CNCC4)cn2)c1. The van der Waals surface area contributed by atoms with E-state index in [0.717, 1.165) is 29.8 Å². The Bertz CT molecular complexity index is 968. The van der Waals surface area contributed by atoms with Crippen LogP contribution >= 0.6 is 0 Å². The van der Waals surface area contributed by atoms with Crippen molar-refractivity contribution in [2.24, 2.45) is 0 Å². The molecule has 3 heterocycles. The minimum atomic E-state index is -0.196. The molecule has 3 aromatic rings. The van der Waals surface area contributed by atoms with Crippen molar-refractivity contribution in [2.75, 3.05) is 13.7 Å². The summed E-state index contributed by atoms with van der Waals surface area (Å²) in [5.41, 5.74) is 3.30. The molecule has 1 aliphatic heterocycles. The number of ether oxygens (including phenoxy) is 2. The fourth-order valence-corrected chi connectivity index (χ4v) is 3.04. The molecule has 1 aliphatic rings. The van der Waals surface area contributed by atoms with Crippen molar-refractivity contribution in [1.82, 2.24) is 25.8 Å². The summed E-state index contributed by atoms with van der Waals surface area (Å²) in [5, 5.41) is 13.3. The van der Waals surface area contributed by atoms with Crippen LogP contribution in [0.25, 0.3) is 0 Å². The normalized spacial score (nSPS) is 12.9. The fraction of sp³-hybridized carbons (Fsp3) is 0.250. The van der Waals surface area contributed by atoms with E-state index in [0.29, 0.717) is 36.2 Å². The molecular formula is C20H21N5O3. The lowest BCUT2D eigenvalue weighted by atomic mass is 10.1. The van der Waals surface area contributed by atoms with Crippen molar-refractivity contribution in [2.45, 2.75) is 19.5 Å². The number of hydrogen-bond acceptors (Lipinski definition) is 6. The zero-order valence-electron chi connectivity index (χ0n) is 15.5. The lowest BCUT2D eigenvalue weighted by Crippen LogP contribution is -2.28. The lowest BCUT2D eigenvalue weighted by Gasteiger charge is -2.13. The van der Waals surface area contributed by atoms with Gasteiger partial charge in [-0.3, -0.25) is 9.89 Å². The van der Waals surface area contributed by atoms with Crippen molar-refractivity contribution >= 4 is 5.91 Å². The quantitative estimate of drug-likeness (QED) is 0.607. The number of nitrogens with one attached hydrogen (secondary N) is 3. The van der Waals surface area contributed by atoms with Crippen LogP contribution < -0.4 is 20.1 Å². The Labute approximate surface area is 162 Å². The van der Waals surface area contributed by atoms with Crippen LogP contribution in [0.1, 0.15) is 27.3 Å². The van der Waals surface area contributed by atoms with Crippen LogP contribution in [-0.4, -0.2) is 34.7 Å². The summed E-state index contributed by atoms with van der Waals surface area (Å²) >= 11 is 0. The fourth-order valence-electron chi connectivity index (χ4n) is 3.04. The van der Waals surface area contributed by atoms with Crippen LogP contribution in [0, 0.1) is 0 Å². The number of pyridine rings is 1. The maximum atomic E-state index is 12.4. The molecule has 1 aromatic carbocycles. The summed E-state index contributed by atoms with van der Waals surface area (Å²) in [6, 6.07) is 10.9. The highest BCUT2D eigenvalue weighted by molar-refractivity contribution is 5.94. The Kier molecular flexibility index (Phi) is 5.20. The summed E-state index contributed by atoms with van der Waals surface area (Å²) < 4.78 is 10.9. The van der Waals surface area contributed by atoms with Gasteiger partial charge in [0.25, 0.3) is 5.91 Å². The molecule has 0 spiro atoms. The van der Waals surface area contributed by atoms with E-state index >= 15 is 0 Å². The summed E-state index contributed by atoms with van der Waals surface area (Å²) in [7, 11) is 1.61. The van der Waals surface area contributed by atoms with Crippen LogP contribution in [-0.2, 0) is 19.5 Å². The highest BCUT2D eigenvalue weighted by atomic mass is 16.5. The maximum Gasteiger partial charge on any atom is 0.272 e. The first-order chi connectivity index (χ1) is 13.7. The number of aromatic nitrogens is 3. The zero-order chi connectivity index (χ0) is 19.3. The third-order valence-electron chi connectivity index (χ3n) is 4.54. The van der Waals surface area contributed by atoms with Gasteiger partial charge in [0.2, 0.25) is 5.88 Å². The lowest BCUT2D eigenvalue weighted by molar-refractivity contribution is 0.0944. The molecule has 0 saturated heterocycles. The Morgan fingerprint density at radius 2 is 2.14 bits per heavy atom. The number of hydrogen-bond donors (Lipinski definition) is 3.